The molecule has 0 aromatic heterocycles. The summed E-state index contributed by atoms with van der Waals surface area (Å²) in [6, 6.07) is 0. The van der Waals surface area contributed by atoms with Gasteiger partial charge in [0.15, 0.2) is 6.29 Å². The van der Waals surface area contributed by atoms with Crippen LogP contribution in [-0.4, -0.2) is 94.4 Å². The maximum absolute atomic E-state index is 13.0. The van der Waals surface area contributed by atoms with Crippen LogP contribution in [0.15, 0.2) is 11.6 Å². The number of carbonyl (C=O) groups excluding carboxylic acids is 2. The van der Waals surface area contributed by atoms with Gasteiger partial charge in [0.2, 0.25) is 0 Å². The normalized spacial score (nSPS) is 54.1. The van der Waals surface area contributed by atoms with Gasteiger partial charge in [0, 0.05) is 25.0 Å². The van der Waals surface area contributed by atoms with Gasteiger partial charge in [0.25, 0.3) is 0 Å². The number of aliphatic hydroxyl groups is 4. The Balaban J connectivity index is 1.22. The highest BCUT2D eigenvalue weighted by Crippen LogP contribution is 2.70. The Kier molecular flexibility index (Phi) is 7.05. The summed E-state index contributed by atoms with van der Waals surface area (Å²) in [5.74, 6) is -0.552. The molecule has 0 radical (unpaired) electrons. The van der Waals surface area contributed by atoms with Crippen LogP contribution in [0.5, 0.6) is 0 Å². The van der Waals surface area contributed by atoms with Crippen LogP contribution in [0.4, 0.5) is 0 Å². The number of cyclic esters (lactones) is 1. The maximum atomic E-state index is 13.0. The average Bonchev–Trinajstić information content (AvgIpc) is 3.46. The fourth-order valence-corrected chi connectivity index (χ4v) is 9.99. The lowest BCUT2D eigenvalue weighted by atomic mass is 9.41. The number of methoxy groups -OCH3 is 1. The second-order valence-corrected chi connectivity index (χ2v) is 13.6. The molecule has 2 aliphatic heterocycles. The Hall–Kier alpha value is -1.40. The van der Waals surface area contributed by atoms with Gasteiger partial charge >= 0.3 is 5.97 Å². The third-order valence-corrected chi connectivity index (χ3v) is 12.2. The van der Waals surface area contributed by atoms with Crippen molar-refractivity contribution in [1.29, 1.82) is 0 Å². The van der Waals surface area contributed by atoms with Crippen LogP contribution in [-0.2, 0) is 28.5 Å². The topological polar surface area (TPSA) is 152 Å². The molecular weight excluding hydrogens is 520 g/mol. The summed E-state index contributed by atoms with van der Waals surface area (Å²) in [6.07, 6.45) is 2.33. The molecule has 3 unspecified atom stereocenters. The second-order valence-electron chi connectivity index (χ2n) is 13.6. The fourth-order valence-electron chi connectivity index (χ4n) is 9.99. The number of ether oxygens (including phenoxy) is 4. The molecule has 4 aliphatic carbocycles. The van der Waals surface area contributed by atoms with E-state index in [0.717, 1.165) is 18.3 Å². The van der Waals surface area contributed by atoms with Crippen molar-refractivity contribution in [3.05, 3.63) is 11.6 Å². The highest BCUT2D eigenvalue weighted by Gasteiger charge is 2.71. The van der Waals surface area contributed by atoms with Crippen LogP contribution < -0.4 is 0 Å². The minimum absolute atomic E-state index is 0.0579. The number of hydrogen-bond donors (Lipinski definition) is 4. The molecule has 40 heavy (non-hydrogen) atoms. The Bertz CT molecular complexity index is 1060. The van der Waals surface area contributed by atoms with Crippen molar-refractivity contribution in [2.75, 3.05) is 13.7 Å². The van der Waals surface area contributed by atoms with E-state index >= 15 is 0 Å². The van der Waals surface area contributed by atoms with Crippen molar-refractivity contribution >= 4 is 12.3 Å². The minimum atomic E-state index is -1.30. The summed E-state index contributed by atoms with van der Waals surface area (Å²) in [7, 11) is 1.42. The van der Waals surface area contributed by atoms with E-state index in [4.69, 9.17) is 18.9 Å². The molecular formula is C30H44O10. The molecule has 5 fully saturated rings. The predicted octanol–water partition coefficient (Wildman–Crippen LogP) is 1.40. The minimum Gasteiger partial charge on any atom is -0.458 e. The van der Waals surface area contributed by atoms with Gasteiger partial charge in [-0.3, -0.25) is 0 Å². The summed E-state index contributed by atoms with van der Waals surface area (Å²) >= 11 is 0. The summed E-state index contributed by atoms with van der Waals surface area (Å²) in [5.41, 5.74) is -2.75. The Labute approximate surface area is 235 Å². The molecule has 1 saturated heterocycles. The molecule has 6 aliphatic rings. The van der Waals surface area contributed by atoms with Crippen molar-refractivity contribution in [1.82, 2.24) is 0 Å². The summed E-state index contributed by atoms with van der Waals surface area (Å²) in [4.78, 5) is 24.8. The SMILES string of the molecule is CO[C@H]1[C@H](OC2CC[C@]3(C=O)C4CC[C@]5(C)[C@@H](C6=CC(=O)OC6)CC[C@]5(O)C4CC[C@]3(O)C2)O[C@H](C)[C@@H](O)[C@H]1O. The summed E-state index contributed by atoms with van der Waals surface area (Å²) in [5, 5.41) is 45.3. The van der Waals surface area contributed by atoms with Gasteiger partial charge in [0.1, 0.15) is 31.2 Å². The number of fused-ring (bicyclic) bond motifs is 5. The molecule has 0 amide bonds. The standard InChI is InChI=1S/C30H44O10/c1-16-23(33)24(34)25(37-3)26(39-16)40-18-4-9-28(15-31)20-5-8-27(2)19(17-12-22(32)38-14-17)7-11-30(27,36)21(20)6-10-29(28,35)13-18/h12,15-16,18-21,23-26,33-36H,4-11,13-14H2,1-3H3/t16-,18?,19-,20?,21?,23-,24-,25-,26+,27-,28+,29+,30+/m1/s1. The van der Waals surface area contributed by atoms with E-state index in [1.807, 2.05) is 0 Å². The largest absolute Gasteiger partial charge is 0.458 e. The molecule has 6 rings (SSSR count). The Morgan fingerprint density at radius 1 is 1.02 bits per heavy atom. The first-order valence-electron chi connectivity index (χ1n) is 14.9. The van der Waals surface area contributed by atoms with Gasteiger partial charge in [-0.25, -0.2) is 4.79 Å². The van der Waals surface area contributed by atoms with Crippen molar-refractivity contribution in [3.8, 4) is 0 Å². The lowest BCUT2D eigenvalue weighted by molar-refractivity contribution is -0.320. The van der Waals surface area contributed by atoms with Crippen molar-refractivity contribution in [2.24, 2.45) is 28.6 Å². The molecule has 4 saturated carbocycles. The molecule has 2 heterocycles. The zero-order valence-corrected chi connectivity index (χ0v) is 23.7. The van der Waals surface area contributed by atoms with Crippen LogP contribution >= 0.6 is 0 Å². The van der Waals surface area contributed by atoms with Gasteiger partial charge < -0.3 is 44.2 Å². The van der Waals surface area contributed by atoms with Crippen LogP contribution in [0.2, 0.25) is 0 Å². The second kappa shape index (κ2) is 9.82. The molecule has 4 N–H and O–H groups in total. The molecule has 0 spiro atoms. The quantitative estimate of drug-likeness (QED) is 0.219. The Morgan fingerprint density at radius 2 is 1.77 bits per heavy atom. The third-order valence-electron chi connectivity index (χ3n) is 12.2. The van der Waals surface area contributed by atoms with Crippen LogP contribution in [0.25, 0.3) is 0 Å². The smallest absolute Gasteiger partial charge is 0.331 e. The number of aliphatic hydroxyl groups excluding tert-OH is 2. The molecule has 13 atom stereocenters. The van der Waals surface area contributed by atoms with E-state index in [2.05, 4.69) is 6.92 Å². The van der Waals surface area contributed by atoms with E-state index < -0.39 is 58.8 Å². The first-order chi connectivity index (χ1) is 18.9. The van der Waals surface area contributed by atoms with E-state index in [1.54, 1.807) is 13.0 Å². The summed E-state index contributed by atoms with van der Waals surface area (Å²) in [6.45, 7) is 4.07. The first kappa shape index (κ1) is 28.7. The van der Waals surface area contributed by atoms with Gasteiger partial charge in [-0.1, -0.05) is 6.92 Å². The van der Waals surface area contributed by atoms with E-state index in [0.29, 0.717) is 44.9 Å². The number of esters is 1. The lowest BCUT2D eigenvalue weighted by Gasteiger charge is -2.65. The molecule has 10 nitrogen and oxygen atoms in total. The highest BCUT2D eigenvalue weighted by molar-refractivity contribution is 5.85. The molecule has 10 heteroatoms. The summed E-state index contributed by atoms with van der Waals surface area (Å²) < 4.78 is 22.7. The maximum Gasteiger partial charge on any atom is 0.331 e. The third kappa shape index (κ3) is 3.86. The molecule has 0 bridgehead atoms. The predicted molar refractivity (Wildman–Crippen MR) is 140 cm³/mol. The van der Waals surface area contributed by atoms with Crippen LogP contribution in [0.1, 0.15) is 71.6 Å². The lowest BCUT2D eigenvalue weighted by Crippen LogP contribution is -2.69. The van der Waals surface area contributed by atoms with Crippen molar-refractivity contribution in [2.45, 2.75) is 120 Å². The van der Waals surface area contributed by atoms with E-state index in [9.17, 15) is 30.0 Å². The van der Waals surface area contributed by atoms with Crippen molar-refractivity contribution in [3.63, 3.8) is 0 Å². The van der Waals surface area contributed by atoms with Gasteiger partial charge in [-0.05, 0) is 81.6 Å². The van der Waals surface area contributed by atoms with Gasteiger partial charge in [0.05, 0.1) is 28.8 Å². The van der Waals surface area contributed by atoms with Crippen molar-refractivity contribution < 1.29 is 49.0 Å². The number of hydrogen-bond acceptors (Lipinski definition) is 10. The Morgan fingerprint density at radius 3 is 2.45 bits per heavy atom. The van der Waals surface area contributed by atoms with E-state index in [1.165, 1.54) is 7.11 Å². The van der Waals surface area contributed by atoms with Gasteiger partial charge in [-0.15, -0.1) is 0 Å². The fraction of sp³-hybridized carbons (Fsp3) is 0.867. The van der Waals surface area contributed by atoms with E-state index in [-0.39, 0.29) is 36.8 Å². The molecule has 224 valence electrons. The average molecular weight is 565 g/mol. The van der Waals surface area contributed by atoms with Gasteiger partial charge in [-0.2, -0.15) is 0 Å². The van der Waals surface area contributed by atoms with Crippen LogP contribution in [0, 0.1) is 28.6 Å². The molecule has 0 aromatic carbocycles. The van der Waals surface area contributed by atoms with Crippen LogP contribution in [0.3, 0.4) is 0 Å². The number of rotatable bonds is 5. The highest BCUT2D eigenvalue weighted by atomic mass is 16.7. The zero-order chi connectivity index (χ0) is 28.7. The monoisotopic (exact) mass is 564 g/mol. The number of carbonyl (C=O) groups is 2. The molecule has 0 aromatic rings. The first-order valence-corrected chi connectivity index (χ1v) is 14.9. The zero-order valence-electron chi connectivity index (χ0n) is 23.7. The number of aldehydes is 1.